The van der Waals surface area contributed by atoms with Gasteiger partial charge in [-0.05, 0) is 60.9 Å². The average molecular weight is 412 g/mol. The van der Waals surface area contributed by atoms with Gasteiger partial charge in [0.05, 0.1) is 4.88 Å². The van der Waals surface area contributed by atoms with E-state index in [2.05, 4.69) is 25.9 Å². The summed E-state index contributed by atoms with van der Waals surface area (Å²) in [5.41, 5.74) is 1.85. The van der Waals surface area contributed by atoms with Crippen LogP contribution in [0.2, 0.25) is 0 Å². The molecule has 1 aliphatic carbocycles. The van der Waals surface area contributed by atoms with Crippen LogP contribution in [0.4, 0.5) is 21.8 Å². The minimum absolute atomic E-state index is 0.0357. The van der Waals surface area contributed by atoms with Gasteiger partial charge in [0.15, 0.2) is 0 Å². The van der Waals surface area contributed by atoms with Crippen LogP contribution in [0.1, 0.15) is 40.4 Å². The summed E-state index contributed by atoms with van der Waals surface area (Å²) in [5.74, 6) is 1.47. The van der Waals surface area contributed by atoms with Crippen molar-refractivity contribution in [1.82, 2.24) is 15.3 Å². The highest BCUT2D eigenvalue weighted by Gasteiger charge is 2.27. The summed E-state index contributed by atoms with van der Waals surface area (Å²) in [4.78, 5) is 21.7. The zero-order valence-electron chi connectivity index (χ0n) is 15.8. The van der Waals surface area contributed by atoms with Gasteiger partial charge in [-0.15, -0.1) is 11.3 Å². The van der Waals surface area contributed by atoms with Crippen molar-refractivity contribution in [1.29, 1.82) is 0 Å². The number of nitrogens with one attached hydrogen (secondary N) is 3. The number of hydrogen-bond acceptors (Lipinski definition) is 6. The third kappa shape index (κ3) is 5.29. The van der Waals surface area contributed by atoms with Crippen molar-refractivity contribution in [3.63, 3.8) is 0 Å². The summed E-state index contributed by atoms with van der Waals surface area (Å²) in [5, 5.41) is 11.3. The fraction of sp³-hybridized carbons (Fsp3) is 0.286. The lowest BCUT2D eigenvalue weighted by atomic mass is 10.2. The van der Waals surface area contributed by atoms with Crippen LogP contribution in [0.15, 0.2) is 48.0 Å². The topological polar surface area (TPSA) is 78.9 Å². The first-order chi connectivity index (χ1) is 14.2. The van der Waals surface area contributed by atoms with E-state index in [0.717, 1.165) is 41.2 Å². The minimum atomic E-state index is -0.283. The van der Waals surface area contributed by atoms with Gasteiger partial charge in [0.2, 0.25) is 5.95 Å². The van der Waals surface area contributed by atoms with E-state index in [-0.39, 0.29) is 11.7 Å². The second kappa shape index (κ2) is 9.00. The SMILES string of the molecule is O=C(NCCCNc1nc(Nc2ccc(F)cc2)ncc1C1CC1)c1cccs1. The van der Waals surface area contributed by atoms with Crippen molar-refractivity contribution in [2.75, 3.05) is 23.7 Å². The van der Waals surface area contributed by atoms with Gasteiger partial charge in [0.1, 0.15) is 11.6 Å². The Bertz CT molecular complexity index is 958. The summed E-state index contributed by atoms with van der Waals surface area (Å²) in [6, 6.07) is 9.77. The Kier molecular flexibility index (Phi) is 6.00. The molecule has 1 aromatic carbocycles. The number of carbonyl (C=O) groups excluding carboxylic acids is 1. The van der Waals surface area contributed by atoms with Crippen molar-refractivity contribution in [3.8, 4) is 0 Å². The normalized spacial score (nSPS) is 13.1. The Morgan fingerprint density at radius 1 is 1.17 bits per heavy atom. The van der Waals surface area contributed by atoms with Crippen molar-refractivity contribution >= 4 is 34.7 Å². The Balaban J connectivity index is 1.32. The number of anilines is 3. The lowest BCUT2D eigenvalue weighted by molar-refractivity contribution is 0.0957. The van der Waals surface area contributed by atoms with E-state index >= 15 is 0 Å². The van der Waals surface area contributed by atoms with E-state index in [4.69, 9.17) is 0 Å². The van der Waals surface area contributed by atoms with Crippen LogP contribution < -0.4 is 16.0 Å². The molecule has 3 N–H and O–H groups in total. The molecule has 8 heteroatoms. The zero-order chi connectivity index (χ0) is 20.1. The van der Waals surface area contributed by atoms with E-state index in [1.807, 2.05) is 23.7 Å². The minimum Gasteiger partial charge on any atom is -0.370 e. The number of benzene rings is 1. The Morgan fingerprint density at radius 2 is 2.00 bits per heavy atom. The van der Waals surface area contributed by atoms with Crippen LogP contribution in [-0.4, -0.2) is 29.0 Å². The van der Waals surface area contributed by atoms with Gasteiger partial charge in [0, 0.05) is 30.5 Å². The van der Waals surface area contributed by atoms with E-state index in [1.54, 1.807) is 12.1 Å². The molecule has 0 spiro atoms. The van der Waals surface area contributed by atoms with Crippen molar-refractivity contribution in [2.45, 2.75) is 25.2 Å². The molecular weight excluding hydrogens is 389 g/mol. The summed E-state index contributed by atoms with van der Waals surface area (Å²) in [6.07, 6.45) is 4.95. The Hall–Kier alpha value is -3.00. The van der Waals surface area contributed by atoms with Crippen LogP contribution in [0.25, 0.3) is 0 Å². The highest BCUT2D eigenvalue weighted by molar-refractivity contribution is 7.12. The monoisotopic (exact) mass is 411 g/mol. The molecule has 0 atom stereocenters. The maximum atomic E-state index is 13.1. The number of hydrogen-bond donors (Lipinski definition) is 3. The predicted molar refractivity (Wildman–Crippen MR) is 113 cm³/mol. The summed E-state index contributed by atoms with van der Waals surface area (Å²) in [6.45, 7) is 1.28. The largest absolute Gasteiger partial charge is 0.370 e. The Labute approximate surface area is 172 Å². The quantitative estimate of drug-likeness (QED) is 0.451. The molecule has 0 aliphatic heterocycles. The van der Waals surface area contributed by atoms with Gasteiger partial charge in [-0.1, -0.05) is 6.07 Å². The molecule has 0 bridgehead atoms. The lowest BCUT2D eigenvalue weighted by Crippen LogP contribution is -2.25. The van der Waals surface area contributed by atoms with E-state index in [1.165, 1.54) is 23.5 Å². The molecule has 29 heavy (non-hydrogen) atoms. The molecule has 4 rings (SSSR count). The highest BCUT2D eigenvalue weighted by atomic mass is 32.1. The second-order valence-electron chi connectivity index (χ2n) is 6.92. The van der Waals surface area contributed by atoms with Gasteiger partial charge < -0.3 is 16.0 Å². The van der Waals surface area contributed by atoms with Crippen molar-refractivity contribution < 1.29 is 9.18 Å². The predicted octanol–water partition coefficient (Wildman–Crippen LogP) is 4.53. The fourth-order valence-electron chi connectivity index (χ4n) is 2.94. The lowest BCUT2D eigenvalue weighted by Gasteiger charge is -2.13. The van der Waals surface area contributed by atoms with Crippen LogP contribution in [0.3, 0.4) is 0 Å². The number of carbonyl (C=O) groups is 1. The highest BCUT2D eigenvalue weighted by Crippen LogP contribution is 2.42. The number of nitrogens with zero attached hydrogens (tertiary/aromatic N) is 2. The maximum absolute atomic E-state index is 13.1. The second-order valence-corrected chi connectivity index (χ2v) is 7.86. The number of thiophene rings is 1. The zero-order valence-corrected chi connectivity index (χ0v) is 16.6. The van der Waals surface area contributed by atoms with Crippen LogP contribution in [-0.2, 0) is 0 Å². The Morgan fingerprint density at radius 3 is 2.72 bits per heavy atom. The summed E-state index contributed by atoms with van der Waals surface area (Å²) < 4.78 is 13.1. The van der Waals surface area contributed by atoms with Crippen molar-refractivity contribution in [3.05, 3.63) is 64.2 Å². The molecule has 0 saturated heterocycles. The van der Waals surface area contributed by atoms with Crippen molar-refractivity contribution in [2.24, 2.45) is 0 Å². The van der Waals surface area contributed by atoms with Gasteiger partial charge in [-0.3, -0.25) is 4.79 Å². The number of aromatic nitrogens is 2. The van der Waals surface area contributed by atoms with E-state index < -0.39 is 0 Å². The number of rotatable bonds is 9. The van der Waals surface area contributed by atoms with Gasteiger partial charge in [-0.2, -0.15) is 4.98 Å². The number of amides is 1. The molecule has 0 radical (unpaired) electrons. The van der Waals surface area contributed by atoms with Gasteiger partial charge in [-0.25, -0.2) is 9.37 Å². The van der Waals surface area contributed by atoms with Crippen LogP contribution >= 0.6 is 11.3 Å². The molecule has 3 aromatic rings. The molecule has 0 unspecified atom stereocenters. The van der Waals surface area contributed by atoms with E-state index in [9.17, 15) is 9.18 Å². The van der Waals surface area contributed by atoms with Crippen LogP contribution in [0.5, 0.6) is 0 Å². The standard InChI is InChI=1S/C21H22FN5OS/c22-15-6-8-16(9-7-15)26-21-25-13-17(14-4-5-14)19(27-21)23-10-2-11-24-20(28)18-3-1-12-29-18/h1,3,6-9,12-14H,2,4-5,10-11H2,(H,24,28)(H2,23,25,26,27). The molecule has 1 amide bonds. The number of halogens is 1. The smallest absolute Gasteiger partial charge is 0.261 e. The van der Waals surface area contributed by atoms with Gasteiger partial charge >= 0.3 is 0 Å². The third-order valence-electron chi connectivity index (χ3n) is 4.61. The maximum Gasteiger partial charge on any atom is 0.261 e. The molecule has 1 saturated carbocycles. The average Bonchev–Trinajstić information content (AvgIpc) is 3.42. The van der Waals surface area contributed by atoms with E-state index in [0.29, 0.717) is 25.0 Å². The summed E-state index contributed by atoms with van der Waals surface area (Å²) >= 11 is 1.43. The molecule has 1 fully saturated rings. The third-order valence-corrected chi connectivity index (χ3v) is 5.48. The molecule has 6 nitrogen and oxygen atoms in total. The first-order valence-corrected chi connectivity index (χ1v) is 10.5. The first kappa shape index (κ1) is 19.3. The fourth-order valence-corrected chi connectivity index (χ4v) is 3.58. The van der Waals surface area contributed by atoms with Crippen LogP contribution in [0, 0.1) is 5.82 Å². The first-order valence-electron chi connectivity index (χ1n) is 9.64. The molecular formula is C21H22FN5OS. The molecule has 2 aromatic heterocycles. The summed E-state index contributed by atoms with van der Waals surface area (Å²) in [7, 11) is 0. The molecule has 150 valence electrons. The molecule has 1 aliphatic rings. The van der Waals surface area contributed by atoms with Gasteiger partial charge in [0.25, 0.3) is 5.91 Å². The molecule has 2 heterocycles.